The van der Waals surface area contributed by atoms with Crippen LogP contribution in [0.4, 0.5) is 11.4 Å². The van der Waals surface area contributed by atoms with E-state index in [-0.39, 0.29) is 18.6 Å². The number of nitrogens with two attached hydrogens (primary N) is 1. The highest BCUT2D eigenvalue weighted by atomic mass is 35.5. The van der Waals surface area contributed by atoms with Crippen LogP contribution in [-0.4, -0.2) is 41.7 Å². The minimum atomic E-state index is -0.347. The van der Waals surface area contributed by atoms with Crippen LogP contribution in [-0.2, 0) is 4.79 Å². The number of aliphatic hydroxyl groups excluding tert-OH is 1. The maximum atomic E-state index is 12.2. The SMILES string of the molecule is CCCN(CCO)C(C)C(=O)Nc1cc(Cl)ccc1N. The van der Waals surface area contributed by atoms with Gasteiger partial charge in [0.05, 0.1) is 24.0 Å². The lowest BCUT2D eigenvalue weighted by Gasteiger charge is -2.27. The number of nitrogens with one attached hydrogen (secondary N) is 1. The van der Waals surface area contributed by atoms with Crippen molar-refractivity contribution >= 4 is 28.9 Å². The van der Waals surface area contributed by atoms with Gasteiger partial charge in [0, 0.05) is 11.6 Å². The van der Waals surface area contributed by atoms with Crippen molar-refractivity contribution in [2.75, 3.05) is 30.7 Å². The fraction of sp³-hybridized carbons (Fsp3) is 0.500. The van der Waals surface area contributed by atoms with E-state index in [2.05, 4.69) is 5.32 Å². The molecule has 0 fully saturated rings. The number of hydrogen-bond acceptors (Lipinski definition) is 4. The number of carbonyl (C=O) groups is 1. The van der Waals surface area contributed by atoms with E-state index in [0.717, 1.165) is 13.0 Å². The number of anilines is 2. The lowest BCUT2D eigenvalue weighted by atomic mass is 10.2. The van der Waals surface area contributed by atoms with Gasteiger partial charge in [-0.3, -0.25) is 9.69 Å². The first kappa shape index (κ1) is 16.8. The molecule has 0 bridgehead atoms. The minimum absolute atomic E-state index is 0.0247. The Hall–Kier alpha value is -1.30. The fourth-order valence-electron chi connectivity index (χ4n) is 1.95. The van der Waals surface area contributed by atoms with E-state index in [0.29, 0.717) is 22.9 Å². The Morgan fingerprint density at radius 2 is 2.20 bits per heavy atom. The number of rotatable bonds is 7. The molecule has 0 radical (unpaired) electrons. The highest BCUT2D eigenvalue weighted by molar-refractivity contribution is 6.31. The molecule has 1 aromatic carbocycles. The molecule has 0 aliphatic rings. The summed E-state index contributed by atoms with van der Waals surface area (Å²) in [4.78, 5) is 14.2. The summed E-state index contributed by atoms with van der Waals surface area (Å²) in [5, 5.41) is 12.3. The van der Waals surface area contributed by atoms with Gasteiger partial charge in [-0.15, -0.1) is 0 Å². The number of nitrogens with zero attached hydrogens (tertiary/aromatic N) is 1. The lowest BCUT2D eigenvalue weighted by molar-refractivity contribution is -0.120. The van der Waals surface area contributed by atoms with Gasteiger partial charge in [-0.05, 0) is 38.1 Å². The normalized spacial score (nSPS) is 12.4. The summed E-state index contributed by atoms with van der Waals surface area (Å²) in [6.07, 6.45) is 0.914. The summed E-state index contributed by atoms with van der Waals surface area (Å²) in [5.41, 5.74) is 6.78. The number of hydrogen-bond donors (Lipinski definition) is 3. The largest absolute Gasteiger partial charge is 0.397 e. The number of amides is 1. The standard InChI is InChI=1S/C14H22ClN3O2/c1-3-6-18(7-8-19)10(2)14(20)17-13-9-11(15)4-5-12(13)16/h4-5,9-10,19H,3,6-8,16H2,1-2H3,(H,17,20). The predicted molar refractivity (Wildman–Crippen MR) is 82.9 cm³/mol. The van der Waals surface area contributed by atoms with Gasteiger partial charge >= 0.3 is 0 Å². The molecule has 20 heavy (non-hydrogen) atoms. The molecule has 5 nitrogen and oxygen atoms in total. The van der Waals surface area contributed by atoms with Crippen LogP contribution < -0.4 is 11.1 Å². The highest BCUT2D eigenvalue weighted by Crippen LogP contribution is 2.23. The first-order valence-corrected chi connectivity index (χ1v) is 7.08. The molecule has 1 aromatic rings. The quantitative estimate of drug-likeness (QED) is 0.673. The molecule has 0 saturated carbocycles. The Kier molecular flexibility index (Phi) is 6.78. The lowest BCUT2D eigenvalue weighted by Crippen LogP contribution is -2.43. The third-order valence-corrected chi connectivity index (χ3v) is 3.33. The van der Waals surface area contributed by atoms with Crippen molar-refractivity contribution in [3.05, 3.63) is 23.2 Å². The molecule has 0 aromatic heterocycles. The van der Waals surface area contributed by atoms with E-state index >= 15 is 0 Å². The van der Waals surface area contributed by atoms with Gasteiger partial charge in [-0.1, -0.05) is 18.5 Å². The second kappa shape index (κ2) is 8.09. The van der Waals surface area contributed by atoms with Crippen LogP contribution in [0.15, 0.2) is 18.2 Å². The number of halogens is 1. The summed E-state index contributed by atoms with van der Waals surface area (Å²) in [6.45, 7) is 5.08. The zero-order valence-electron chi connectivity index (χ0n) is 11.9. The fourth-order valence-corrected chi connectivity index (χ4v) is 2.13. The summed E-state index contributed by atoms with van der Waals surface area (Å²) in [5.74, 6) is -0.166. The van der Waals surface area contributed by atoms with Crippen LogP contribution in [0.3, 0.4) is 0 Å². The van der Waals surface area contributed by atoms with Crippen molar-refractivity contribution in [1.82, 2.24) is 4.90 Å². The molecule has 1 unspecified atom stereocenters. The van der Waals surface area contributed by atoms with E-state index in [1.165, 1.54) is 0 Å². The Labute approximate surface area is 124 Å². The molecule has 4 N–H and O–H groups in total. The third kappa shape index (κ3) is 4.67. The van der Waals surface area contributed by atoms with Gasteiger partial charge in [0.25, 0.3) is 0 Å². The van der Waals surface area contributed by atoms with Crippen LogP contribution in [0.1, 0.15) is 20.3 Å². The van der Waals surface area contributed by atoms with Crippen LogP contribution in [0.25, 0.3) is 0 Å². The Balaban J connectivity index is 2.75. The zero-order chi connectivity index (χ0) is 15.1. The van der Waals surface area contributed by atoms with E-state index in [4.69, 9.17) is 22.4 Å². The number of carbonyl (C=O) groups excluding carboxylic acids is 1. The van der Waals surface area contributed by atoms with Crippen molar-refractivity contribution in [3.63, 3.8) is 0 Å². The number of benzene rings is 1. The number of nitrogen functional groups attached to an aromatic ring is 1. The van der Waals surface area contributed by atoms with Crippen LogP contribution in [0.5, 0.6) is 0 Å². The third-order valence-electron chi connectivity index (χ3n) is 3.10. The maximum absolute atomic E-state index is 12.2. The van der Waals surface area contributed by atoms with Crippen molar-refractivity contribution in [3.8, 4) is 0 Å². The average molecular weight is 300 g/mol. The zero-order valence-corrected chi connectivity index (χ0v) is 12.7. The van der Waals surface area contributed by atoms with Gasteiger partial charge in [0.1, 0.15) is 0 Å². The monoisotopic (exact) mass is 299 g/mol. The van der Waals surface area contributed by atoms with Gasteiger partial charge in [-0.2, -0.15) is 0 Å². The van der Waals surface area contributed by atoms with Gasteiger partial charge in [-0.25, -0.2) is 0 Å². The Bertz CT molecular complexity index is 448. The van der Waals surface area contributed by atoms with Crippen molar-refractivity contribution in [2.24, 2.45) is 0 Å². The van der Waals surface area contributed by atoms with E-state index in [9.17, 15) is 4.79 Å². The predicted octanol–water partition coefficient (Wildman–Crippen LogP) is 1.95. The van der Waals surface area contributed by atoms with Gasteiger partial charge < -0.3 is 16.2 Å². The summed E-state index contributed by atoms with van der Waals surface area (Å²) < 4.78 is 0. The highest BCUT2D eigenvalue weighted by Gasteiger charge is 2.20. The molecular weight excluding hydrogens is 278 g/mol. The van der Waals surface area contributed by atoms with Crippen molar-refractivity contribution in [1.29, 1.82) is 0 Å². The summed E-state index contributed by atoms with van der Waals surface area (Å²) in [6, 6.07) is 4.60. The summed E-state index contributed by atoms with van der Waals surface area (Å²) in [7, 11) is 0. The molecule has 112 valence electrons. The van der Waals surface area contributed by atoms with E-state index < -0.39 is 0 Å². The van der Waals surface area contributed by atoms with Crippen LogP contribution in [0.2, 0.25) is 5.02 Å². The average Bonchev–Trinajstić information content (AvgIpc) is 2.41. The molecule has 1 amide bonds. The maximum Gasteiger partial charge on any atom is 0.241 e. The van der Waals surface area contributed by atoms with Gasteiger partial charge in [0.15, 0.2) is 0 Å². The second-order valence-electron chi connectivity index (χ2n) is 4.66. The first-order valence-electron chi connectivity index (χ1n) is 6.70. The molecule has 1 atom stereocenters. The molecular formula is C14H22ClN3O2. The molecule has 0 aliphatic carbocycles. The van der Waals surface area contributed by atoms with E-state index in [1.54, 1.807) is 25.1 Å². The second-order valence-corrected chi connectivity index (χ2v) is 5.09. The summed E-state index contributed by atoms with van der Waals surface area (Å²) >= 11 is 5.89. The van der Waals surface area contributed by atoms with Crippen molar-refractivity contribution < 1.29 is 9.90 Å². The molecule has 6 heteroatoms. The minimum Gasteiger partial charge on any atom is -0.397 e. The number of aliphatic hydroxyl groups is 1. The molecule has 1 rings (SSSR count). The van der Waals surface area contributed by atoms with Crippen LogP contribution in [0, 0.1) is 0 Å². The van der Waals surface area contributed by atoms with Crippen molar-refractivity contribution in [2.45, 2.75) is 26.3 Å². The van der Waals surface area contributed by atoms with Crippen LogP contribution >= 0.6 is 11.6 Å². The Morgan fingerprint density at radius 1 is 1.50 bits per heavy atom. The molecule has 0 heterocycles. The topological polar surface area (TPSA) is 78.6 Å². The van der Waals surface area contributed by atoms with E-state index in [1.807, 2.05) is 11.8 Å². The first-order chi connectivity index (χ1) is 9.49. The molecule has 0 saturated heterocycles. The Morgan fingerprint density at radius 3 is 2.80 bits per heavy atom. The molecule has 0 spiro atoms. The van der Waals surface area contributed by atoms with Gasteiger partial charge in [0.2, 0.25) is 5.91 Å². The smallest absolute Gasteiger partial charge is 0.241 e. The molecule has 0 aliphatic heterocycles.